The molecular formula is C6H18O3. The molecule has 0 radical (unpaired) electrons. The predicted octanol–water partition coefficient (Wildman–Crippen LogP) is 0.215. The molecule has 0 aliphatic carbocycles. The lowest BCUT2D eigenvalue weighted by atomic mass is 10.2. The molecule has 3 N–H and O–H groups in total. The van der Waals surface area contributed by atoms with E-state index >= 15 is 0 Å². The first-order chi connectivity index (χ1) is 3.56. The highest BCUT2D eigenvalue weighted by molar-refractivity contribution is 4.55. The van der Waals surface area contributed by atoms with Crippen molar-refractivity contribution < 1.29 is 15.3 Å². The fourth-order valence-electron chi connectivity index (χ4n) is 0. The van der Waals surface area contributed by atoms with Crippen molar-refractivity contribution in [1.82, 2.24) is 0 Å². The van der Waals surface area contributed by atoms with E-state index in [-0.39, 0.29) is 11.1 Å². The molecule has 3 heteroatoms. The summed E-state index contributed by atoms with van der Waals surface area (Å²) in [7, 11) is 2.71. The molecule has 0 spiro atoms. The third-order valence-corrected chi connectivity index (χ3v) is 0.612. The molecule has 9 heavy (non-hydrogen) atoms. The summed E-state index contributed by atoms with van der Waals surface area (Å²) in [5, 5.41) is 7.00. The van der Waals surface area contributed by atoms with Crippen LogP contribution in [-0.2, 0) is 4.74 Å². The average molecular weight is 138 g/mol. The van der Waals surface area contributed by atoms with E-state index in [0.717, 1.165) is 7.11 Å². The third-order valence-electron chi connectivity index (χ3n) is 0.612. The van der Waals surface area contributed by atoms with Crippen LogP contribution in [0.4, 0.5) is 0 Å². The summed E-state index contributed by atoms with van der Waals surface area (Å²) >= 11 is 0. The first kappa shape index (κ1) is 15.9. The summed E-state index contributed by atoms with van der Waals surface area (Å²) in [6, 6.07) is 0. The van der Waals surface area contributed by atoms with E-state index in [4.69, 9.17) is 9.84 Å². The van der Waals surface area contributed by atoms with Crippen LogP contribution in [0.3, 0.4) is 0 Å². The van der Waals surface area contributed by atoms with Crippen LogP contribution in [0.15, 0.2) is 0 Å². The largest absolute Gasteiger partial charge is 0.412 e. The van der Waals surface area contributed by atoms with Gasteiger partial charge in [-0.25, -0.2) is 0 Å². The molecule has 0 unspecified atom stereocenters. The molecule has 0 aromatic rings. The Morgan fingerprint density at radius 3 is 1.22 bits per heavy atom. The second-order valence-corrected chi connectivity index (χ2v) is 2.32. The van der Waals surface area contributed by atoms with Gasteiger partial charge in [-0.3, -0.25) is 0 Å². The molecule has 0 fully saturated rings. The minimum atomic E-state index is 0. The normalized spacial score (nSPS) is 8.67. The van der Waals surface area contributed by atoms with Gasteiger partial charge in [0.25, 0.3) is 0 Å². The third kappa shape index (κ3) is 32.8. The molecule has 0 aliphatic rings. The van der Waals surface area contributed by atoms with Crippen LogP contribution >= 0.6 is 0 Å². The summed E-state index contributed by atoms with van der Waals surface area (Å²) in [6.07, 6.45) is 0. The zero-order valence-electron chi connectivity index (χ0n) is 6.86. The minimum absolute atomic E-state index is 0. The molecule has 0 bridgehead atoms. The molecule has 0 rings (SSSR count). The Balaban J connectivity index is -0.000000109. The van der Waals surface area contributed by atoms with E-state index in [0.29, 0.717) is 0 Å². The smallest absolute Gasteiger partial charge is 0.0594 e. The summed E-state index contributed by atoms with van der Waals surface area (Å²) in [6.45, 7) is 6.06. The van der Waals surface area contributed by atoms with Gasteiger partial charge in [-0.1, -0.05) is 0 Å². The second kappa shape index (κ2) is 7.88. The van der Waals surface area contributed by atoms with Gasteiger partial charge in [-0.2, -0.15) is 0 Å². The zero-order valence-corrected chi connectivity index (χ0v) is 6.86. The van der Waals surface area contributed by atoms with Crippen molar-refractivity contribution in [1.29, 1.82) is 0 Å². The van der Waals surface area contributed by atoms with Crippen LogP contribution in [0.1, 0.15) is 20.8 Å². The monoisotopic (exact) mass is 138 g/mol. The molecule has 0 aromatic heterocycles. The Bertz CT molecular complexity index is 38.1. The van der Waals surface area contributed by atoms with Crippen LogP contribution in [0, 0.1) is 0 Å². The molecule has 0 saturated carbocycles. The Morgan fingerprint density at radius 1 is 1.11 bits per heavy atom. The Kier molecular flexibility index (Phi) is 14.0. The lowest BCUT2D eigenvalue weighted by molar-refractivity contribution is 0.0397. The standard InChI is InChI=1S/C5H12O.CH4O.H2O/c1-5(2,3)6-4;1-2;/h1-4H3;2H,1H3;1H2. The Hall–Kier alpha value is -0.120. The lowest BCUT2D eigenvalue weighted by Crippen LogP contribution is -2.15. The van der Waals surface area contributed by atoms with Gasteiger partial charge < -0.3 is 15.3 Å². The van der Waals surface area contributed by atoms with Crippen LogP contribution in [-0.4, -0.2) is 30.4 Å². The maximum Gasteiger partial charge on any atom is 0.0594 e. The number of rotatable bonds is 0. The number of aliphatic hydroxyl groups excluding tert-OH is 1. The van der Waals surface area contributed by atoms with E-state index in [1.165, 1.54) is 0 Å². The van der Waals surface area contributed by atoms with Gasteiger partial charge in [0.15, 0.2) is 0 Å². The van der Waals surface area contributed by atoms with Crippen molar-refractivity contribution in [2.45, 2.75) is 26.4 Å². The summed E-state index contributed by atoms with van der Waals surface area (Å²) in [4.78, 5) is 0. The van der Waals surface area contributed by atoms with Gasteiger partial charge in [0.1, 0.15) is 0 Å². The van der Waals surface area contributed by atoms with Gasteiger partial charge in [0.2, 0.25) is 0 Å². The highest BCUT2D eigenvalue weighted by Gasteiger charge is 2.03. The van der Waals surface area contributed by atoms with E-state index in [1.807, 2.05) is 20.8 Å². The van der Waals surface area contributed by atoms with E-state index in [2.05, 4.69) is 0 Å². The molecule has 0 aromatic carbocycles. The number of hydrogen-bond acceptors (Lipinski definition) is 2. The number of hydrogen-bond donors (Lipinski definition) is 1. The predicted molar refractivity (Wildman–Crippen MR) is 38.5 cm³/mol. The molecule has 0 aliphatic heterocycles. The molecule has 0 heterocycles. The van der Waals surface area contributed by atoms with E-state index in [9.17, 15) is 0 Å². The molecular weight excluding hydrogens is 120 g/mol. The van der Waals surface area contributed by atoms with Crippen molar-refractivity contribution >= 4 is 0 Å². The molecule has 0 atom stereocenters. The van der Waals surface area contributed by atoms with Crippen LogP contribution in [0.25, 0.3) is 0 Å². The first-order valence-electron chi connectivity index (χ1n) is 2.56. The van der Waals surface area contributed by atoms with Crippen molar-refractivity contribution in [3.63, 3.8) is 0 Å². The summed E-state index contributed by atoms with van der Waals surface area (Å²) < 4.78 is 4.94. The van der Waals surface area contributed by atoms with Gasteiger partial charge in [-0.05, 0) is 20.8 Å². The quantitative estimate of drug-likeness (QED) is 0.520. The van der Waals surface area contributed by atoms with Gasteiger partial charge in [0.05, 0.1) is 5.60 Å². The van der Waals surface area contributed by atoms with Crippen molar-refractivity contribution in [3.8, 4) is 0 Å². The summed E-state index contributed by atoms with van der Waals surface area (Å²) in [5.74, 6) is 0. The average Bonchev–Trinajstić information content (AvgIpc) is 1.71. The summed E-state index contributed by atoms with van der Waals surface area (Å²) in [5.41, 5.74) is 0.0417. The van der Waals surface area contributed by atoms with Gasteiger partial charge in [-0.15, -0.1) is 0 Å². The lowest BCUT2D eigenvalue weighted by Gasteiger charge is -2.14. The van der Waals surface area contributed by atoms with Crippen molar-refractivity contribution in [2.24, 2.45) is 0 Å². The van der Waals surface area contributed by atoms with Gasteiger partial charge in [0, 0.05) is 14.2 Å². The number of ether oxygens (including phenoxy) is 1. The van der Waals surface area contributed by atoms with Crippen LogP contribution < -0.4 is 0 Å². The molecule has 60 valence electrons. The highest BCUT2D eigenvalue weighted by Crippen LogP contribution is 2.02. The number of aliphatic hydroxyl groups is 1. The molecule has 0 amide bonds. The van der Waals surface area contributed by atoms with E-state index < -0.39 is 0 Å². The second-order valence-electron chi connectivity index (χ2n) is 2.32. The zero-order chi connectivity index (χ0) is 7.21. The molecule has 0 saturated heterocycles. The fraction of sp³-hybridized carbons (Fsp3) is 1.00. The van der Waals surface area contributed by atoms with Crippen molar-refractivity contribution in [2.75, 3.05) is 14.2 Å². The molecule has 3 nitrogen and oxygen atoms in total. The fourth-order valence-corrected chi connectivity index (χ4v) is 0. The first-order valence-corrected chi connectivity index (χ1v) is 2.56. The van der Waals surface area contributed by atoms with E-state index in [1.54, 1.807) is 7.11 Å². The van der Waals surface area contributed by atoms with Crippen molar-refractivity contribution in [3.05, 3.63) is 0 Å². The SMILES string of the molecule is CO.COC(C)(C)C.O. The minimum Gasteiger partial charge on any atom is -0.412 e. The Labute approximate surface area is 57.0 Å². The maximum absolute atomic E-state index is 7.00. The Morgan fingerprint density at radius 2 is 1.22 bits per heavy atom. The van der Waals surface area contributed by atoms with Crippen LogP contribution in [0.2, 0.25) is 0 Å². The number of methoxy groups -OCH3 is 1. The topological polar surface area (TPSA) is 61.0 Å². The maximum atomic E-state index is 7.00. The highest BCUT2D eigenvalue weighted by atomic mass is 16.5. The van der Waals surface area contributed by atoms with Gasteiger partial charge >= 0.3 is 0 Å². The van der Waals surface area contributed by atoms with Crippen LogP contribution in [0.5, 0.6) is 0 Å².